The molecule has 1 rings (SSSR count). The molecule has 12 nitrogen and oxygen atoms in total. The molecule has 0 amide bonds. The first-order chi connectivity index (χ1) is 11.4. The minimum absolute atomic E-state index is 0.227. The molecule has 0 saturated heterocycles. The van der Waals surface area contributed by atoms with Crippen LogP contribution in [0.4, 0.5) is 0 Å². The first-order valence-corrected chi connectivity index (χ1v) is 13.6. The van der Waals surface area contributed by atoms with Crippen molar-refractivity contribution in [2.45, 2.75) is 0 Å². The van der Waals surface area contributed by atoms with Crippen LogP contribution in [-0.2, 0) is 0 Å². The standard InChI is InChI=1S/C8H34N12P4/c1-9-19-22(11-3)17-21-18-23(12-4,13-5)20(10-2)24(19,14-6,15-7)16-8/h9-17,21H,1-8H3. The van der Waals surface area contributed by atoms with E-state index in [-0.39, 0.29) is 8.88 Å². The minimum atomic E-state index is -3.33. The third kappa shape index (κ3) is 3.34. The molecular weight excluding hydrogens is 388 g/mol. The average Bonchev–Trinajstić information content (AvgIpc) is 2.63. The number of hydrogen-bond donors (Lipinski definition) is 9. The first-order valence-electron chi connectivity index (χ1n) is 7.49. The van der Waals surface area contributed by atoms with Crippen molar-refractivity contribution < 1.29 is 0 Å². The van der Waals surface area contributed by atoms with E-state index in [2.05, 4.69) is 55.3 Å². The van der Waals surface area contributed by atoms with Gasteiger partial charge in [0.1, 0.15) is 0 Å². The molecule has 9 N–H and O–H groups in total. The summed E-state index contributed by atoms with van der Waals surface area (Å²) < 4.78 is 9.28. The summed E-state index contributed by atoms with van der Waals surface area (Å²) in [7, 11) is 9.09. The summed E-state index contributed by atoms with van der Waals surface area (Å²) in [6.45, 7) is 0. The van der Waals surface area contributed by atoms with Crippen LogP contribution in [0.5, 0.6) is 0 Å². The van der Waals surface area contributed by atoms with Gasteiger partial charge in [0, 0.05) is 0 Å². The SMILES string of the molecule is CNN1P(NC)NPN=P(NC)(NC)N(NC)P1(NC)(NC)NC. The van der Waals surface area contributed by atoms with Crippen molar-refractivity contribution >= 4 is 32.1 Å². The molecule has 146 valence electrons. The summed E-state index contributed by atoms with van der Waals surface area (Å²) in [5.74, 6) is 0. The van der Waals surface area contributed by atoms with Crippen molar-refractivity contribution in [1.82, 2.24) is 55.3 Å². The van der Waals surface area contributed by atoms with E-state index in [1.54, 1.807) is 0 Å². The van der Waals surface area contributed by atoms with E-state index >= 15 is 0 Å². The van der Waals surface area contributed by atoms with E-state index in [1.165, 1.54) is 0 Å². The van der Waals surface area contributed by atoms with Crippen LogP contribution in [0.1, 0.15) is 0 Å². The molecule has 0 saturated carbocycles. The van der Waals surface area contributed by atoms with Gasteiger partial charge in [0.25, 0.3) is 0 Å². The van der Waals surface area contributed by atoms with Crippen LogP contribution in [0.25, 0.3) is 0 Å². The van der Waals surface area contributed by atoms with E-state index in [0.717, 1.165) is 0 Å². The molecular formula is C8H34N12P4. The molecule has 2 unspecified atom stereocenters. The van der Waals surface area contributed by atoms with E-state index in [1.807, 2.05) is 56.4 Å². The molecule has 0 radical (unpaired) electrons. The summed E-state index contributed by atoms with van der Waals surface area (Å²) in [6, 6.07) is 0. The number of nitrogens with one attached hydrogen (secondary N) is 9. The molecule has 24 heavy (non-hydrogen) atoms. The van der Waals surface area contributed by atoms with E-state index in [4.69, 9.17) is 4.52 Å². The molecule has 2 atom stereocenters. The fraction of sp³-hybridized carbons (Fsp3) is 1.00. The van der Waals surface area contributed by atoms with Gasteiger partial charge in [-0.05, 0) is 0 Å². The molecule has 0 aromatic heterocycles. The van der Waals surface area contributed by atoms with E-state index in [9.17, 15) is 0 Å². The summed E-state index contributed by atoms with van der Waals surface area (Å²) in [6.07, 6.45) is 0. The van der Waals surface area contributed by atoms with Crippen molar-refractivity contribution in [2.75, 3.05) is 56.4 Å². The Morgan fingerprint density at radius 2 is 1.46 bits per heavy atom. The fourth-order valence-corrected chi connectivity index (χ4v) is 17.6. The van der Waals surface area contributed by atoms with Gasteiger partial charge in [0.2, 0.25) is 0 Å². The molecule has 1 heterocycles. The Morgan fingerprint density at radius 1 is 0.917 bits per heavy atom. The predicted octanol–water partition coefficient (Wildman–Crippen LogP) is -0.411. The van der Waals surface area contributed by atoms with E-state index < -0.39 is 23.2 Å². The molecule has 16 heteroatoms. The molecule has 0 spiro atoms. The number of hydrogen-bond acceptors (Lipinski definition) is 12. The molecule has 0 bridgehead atoms. The number of rotatable bonds is 8. The summed E-state index contributed by atoms with van der Waals surface area (Å²) in [5.41, 5.74) is 6.73. The molecule has 0 aromatic rings. The van der Waals surface area contributed by atoms with Crippen molar-refractivity contribution in [3.8, 4) is 0 Å². The van der Waals surface area contributed by atoms with Crippen molar-refractivity contribution in [1.29, 1.82) is 0 Å². The Bertz CT molecular complexity index is 439. The zero-order valence-corrected chi connectivity index (χ0v) is 19.4. The Hall–Kier alpha value is 1.08. The molecule has 0 fully saturated rings. The quantitative estimate of drug-likeness (QED) is 0.237. The van der Waals surface area contributed by atoms with Crippen LogP contribution >= 0.6 is 32.1 Å². The predicted molar refractivity (Wildman–Crippen MR) is 111 cm³/mol. The molecule has 1 aliphatic rings. The van der Waals surface area contributed by atoms with Crippen LogP contribution in [0.15, 0.2) is 4.52 Å². The van der Waals surface area contributed by atoms with Gasteiger partial charge in [-0.25, -0.2) is 0 Å². The Balaban J connectivity index is 3.85. The second-order valence-corrected chi connectivity index (χ2v) is 15.3. The first kappa shape index (κ1) is 23.1. The van der Waals surface area contributed by atoms with Gasteiger partial charge in [-0.1, -0.05) is 0 Å². The van der Waals surface area contributed by atoms with Gasteiger partial charge in [0.05, 0.1) is 0 Å². The number of nitrogens with zero attached hydrogens (tertiary/aromatic N) is 3. The summed E-state index contributed by atoms with van der Waals surface area (Å²) in [5, 5.41) is 20.8. The fourth-order valence-electron chi connectivity index (χ4n) is 2.83. The van der Waals surface area contributed by atoms with Crippen molar-refractivity contribution in [3.63, 3.8) is 0 Å². The molecule has 0 aliphatic carbocycles. The summed E-state index contributed by atoms with van der Waals surface area (Å²) in [4.78, 5) is 3.51. The molecule has 0 aromatic carbocycles. The van der Waals surface area contributed by atoms with E-state index in [0.29, 0.717) is 0 Å². The zero-order chi connectivity index (χ0) is 18.5. The zero-order valence-electron chi connectivity index (χ0n) is 15.7. The normalized spacial score (nSPS) is 30.0. The van der Waals surface area contributed by atoms with Gasteiger partial charge in [0.15, 0.2) is 0 Å². The molecule has 1 aliphatic heterocycles. The van der Waals surface area contributed by atoms with Crippen LogP contribution in [0, 0.1) is 0 Å². The van der Waals surface area contributed by atoms with Gasteiger partial charge in [-0.2, -0.15) is 0 Å². The number of hydrazine groups is 2. The Labute approximate surface area is 149 Å². The van der Waals surface area contributed by atoms with Crippen LogP contribution in [-0.4, -0.2) is 65.5 Å². The van der Waals surface area contributed by atoms with Crippen molar-refractivity contribution in [3.05, 3.63) is 0 Å². The van der Waals surface area contributed by atoms with Gasteiger partial charge in [-0.15, -0.1) is 0 Å². The third-order valence-electron chi connectivity index (χ3n) is 4.06. The maximum absolute atomic E-state index is 4.96. The summed E-state index contributed by atoms with van der Waals surface area (Å²) >= 11 is 0. The van der Waals surface area contributed by atoms with Gasteiger partial charge in [-0.3, -0.25) is 0 Å². The van der Waals surface area contributed by atoms with Gasteiger partial charge >= 0.3 is 148 Å². The van der Waals surface area contributed by atoms with Crippen LogP contribution < -0.4 is 46.2 Å². The second kappa shape index (κ2) is 9.33. The average molecular weight is 422 g/mol. The van der Waals surface area contributed by atoms with Crippen LogP contribution in [0.3, 0.4) is 0 Å². The maximum atomic E-state index is 4.96. The third-order valence-corrected chi connectivity index (χ3v) is 17.7. The topological polar surface area (TPSA) is 127 Å². The Kier molecular flexibility index (Phi) is 8.99. The second-order valence-electron chi connectivity index (χ2n) is 4.63. The van der Waals surface area contributed by atoms with Crippen molar-refractivity contribution in [2.24, 2.45) is 4.52 Å². The van der Waals surface area contributed by atoms with Gasteiger partial charge < -0.3 is 0 Å². The van der Waals surface area contributed by atoms with Crippen LogP contribution in [0.2, 0.25) is 0 Å². The monoisotopic (exact) mass is 422 g/mol. The Morgan fingerprint density at radius 3 is 1.79 bits per heavy atom.